The van der Waals surface area contributed by atoms with Crippen molar-refractivity contribution in [1.82, 2.24) is 4.90 Å². The highest BCUT2D eigenvalue weighted by molar-refractivity contribution is 5.80. The molecule has 0 aromatic heterocycles. The van der Waals surface area contributed by atoms with E-state index in [2.05, 4.69) is 0 Å². The second-order valence-corrected chi connectivity index (χ2v) is 3.34. The van der Waals surface area contributed by atoms with E-state index in [0.29, 0.717) is 0 Å². The Balaban J connectivity index is 2.62. The van der Waals surface area contributed by atoms with Crippen molar-refractivity contribution >= 4 is 5.91 Å². The summed E-state index contributed by atoms with van der Waals surface area (Å²) >= 11 is 0. The van der Waals surface area contributed by atoms with Crippen LogP contribution in [0, 0.1) is 0 Å². The van der Waals surface area contributed by atoms with Gasteiger partial charge in [0.25, 0.3) is 5.91 Å². The Morgan fingerprint density at radius 3 is 2.85 bits per heavy atom. The second kappa shape index (κ2) is 4.02. The zero-order valence-electron chi connectivity index (χ0n) is 7.48. The van der Waals surface area contributed by atoms with Crippen LogP contribution in [0.15, 0.2) is 0 Å². The van der Waals surface area contributed by atoms with Crippen molar-refractivity contribution in [1.29, 1.82) is 0 Å². The molecule has 76 valence electrons. The fraction of sp³-hybridized carbons (Fsp3) is 0.875. The number of amides is 1. The summed E-state index contributed by atoms with van der Waals surface area (Å²) in [5, 5.41) is 17.8. The number of likely N-dealkylation sites (tertiary alicyclic amines) is 1. The molecule has 4 nitrogen and oxygen atoms in total. The third kappa shape index (κ3) is 2.16. The zero-order valence-corrected chi connectivity index (χ0v) is 7.48. The number of carbonyl (C=O) groups excluding carboxylic acids is 1. The molecule has 1 saturated heterocycles. The molecule has 1 aliphatic rings. The van der Waals surface area contributed by atoms with Gasteiger partial charge in [-0.05, 0) is 6.92 Å². The normalized spacial score (nSPS) is 30.6. The predicted molar refractivity (Wildman–Crippen MR) is 43.8 cm³/mol. The predicted octanol–water partition coefficient (Wildman–Crippen LogP) is -0.702. The lowest BCUT2D eigenvalue weighted by molar-refractivity contribution is -0.140. The summed E-state index contributed by atoms with van der Waals surface area (Å²) in [5.74, 6) is -0.515. The van der Waals surface area contributed by atoms with Gasteiger partial charge in [-0.25, -0.2) is 4.39 Å². The first kappa shape index (κ1) is 10.4. The van der Waals surface area contributed by atoms with Crippen LogP contribution in [0.25, 0.3) is 0 Å². The zero-order chi connectivity index (χ0) is 10.0. The van der Waals surface area contributed by atoms with Gasteiger partial charge < -0.3 is 15.1 Å². The molecule has 5 heteroatoms. The van der Waals surface area contributed by atoms with E-state index in [1.54, 1.807) is 0 Å². The van der Waals surface area contributed by atoms with Crippen LogP contribution in [-0.4, -0.2) is 52.5 Å². The third-order valence-corrected chi connectivity index (χ3v) is 2.21. The lowest BCUT2D eigenvalue weighted by Gasteiger charge is -2.23. The number of carbonyl (C=O) groups is 1. The van der Waals surface area contributed by atoms with Crippen molar-refractivity contribution in [2.24, 2.45) is 0 Å². The molecule has 1 amide bonds. The van der Waals surface area contributed by atoms with Gasteiger partial charge in [0.1, 0.15) is 12.3 Å². The van der Waals surface area contributed by atoms with E-state index in [-0.39, 0.29) is 19.6 Å². The molecule has 0 radical (unpaired) electrons. The Morgan fingerprint density at radius 1 is 1.77 bits per heavy atom. The number of alkyl halides is 1. The van der Waals surface area contributed by atoms with Crippen LogP contribution in [-0.2, 0) is 4.79 Å². The van der Waals surface area contributed by atoms with Crippen molar-refractivity contribution in [2.75, 3.05) is 13.2 Å². The average molecular weight is 191 g/mol. The van der Waals surface area contributed by atoms with E-state index < -0.39 is 24.2 Å². The number of aliphatic hydroxyl groups is 2. The second-order valence-electron chi connectivity index (χ2n) is 3.34. The molecule has 1 fully saturated rings. The lowest BCUT2D eigenvalue weighted by atomic mass is 10.2. The van der Waals surface area contributed by atoms with E-state index in [1.165, 1.54) is 11.8 Å². The lowest BCUT2D eigenvalue weighted by Crippen LogP contribution is -2.42. The maximum Gasteiger partial charge on any atom is 0.251 e. The van der Waals surface area contributed by atoms with E-state index in [1.807, 2.05) is 0 Å². The van der Waals surface area contributed by atoms with Gasteiger partial charge in [0.2, 0.25) is 0 Å². The van der Waals surface area contributed by atoms with Crippen molar-refractivity contribution in [3.8, 4) is 0 Å². The number of rotatable bonds is 2. The van der Waals surface area contributed by atoms with Crippen LogP contribution in [0.2, 0.25) is 0 Å². The Bertz CT molecular complexity index is 198. The first-order chi connectivity index (χ1) is 6.06. The Labute approximate surface area is 76.0 Å². The molecule has 2 unspecified atom stereocenters. The molecule has 0 bridgehead atoms. The molecule has 1 aliphatic heterocycles. The quantitative estimate of drug-likeness (QED) is 0.606. The molecular formula is C8H14FNO3. The highest BCUT2D eigenvalue weighted by Gasteiger charge is 2.35. The molecule has 2 N–H and O–H groups in total. The van der Waals surface area contributed by atoms with Gasteiger partial charge in [-0.15, -0.1) is 0 Å². The van der Waals surface area contributed by atoms with Crippen LogP contribution < -0.4 is 0 Å². The third-order valence-electron chi connectivity index (χ3n) is 2.21. The summed E-state index contributed by atoms with van der Waals surface area (Å²) < 4.78 is 12.8. The van der Waals surface area contributed by atoms with Gasteiger partial charge in [0.15, 0.2) is 0 Å². The van der Waals surface area contributed by atoms with Crippen molar-refractivity contribution in [3.63, 3.8) is 0 Å². The van der Waals surface area contributed by atoms with Crippen molar-refractivity contribution in [3.05, 3.63) is 0 Å². The molecule has 0 aromatic rings. The van der Waals surface area contributed by atoms with Crippen LogP contribution in [0.3, 0.4) is 0 Å². The fourth-order valence-corrected chi connectivity index (χ4v) is 1.54. The summed E-state index contributed by atoms with van der Waals surface area (Å²) in [7, 11) is 0. The number of aliphatic hydroxyl groups excluding tert-OH is 2. The molecular weight excluding hydrogens is 177 g/mol. The van der Waals surface area contributed by atoms with E-state index in [9.17, 15) is 9.18 Å². The SMILES string of the molecule is C[C@@H](O)C(=O)N1CC(F)CC1CO. The van der Waals surface area contributed by atoms with Gasteiger partial charge in [-0.3, -0.25) is 4.79 Å². The summed E-state index contributed by atoms with van der Waals surface area (Å²) in [6, 6.07) is -0.475. The summed E-state index contributed by atoms with van der Waals surface area (Å²) in [6.07, 6.45) is -2.05. The largest absolute Gasteiger partial charge is 0.394 e. The van der Waals surface area contributed by atoms with Crippen LogP contribution in [0.4, 0.5) is 4.39 Å². The van der Waals surface area contributed by atoms with Crippen LogP contribution in [0.5, 0.6) is 0 Å². The molecule has 13 heavy (non-hydrogen) atoms. The molecule has 1 rings (SSSR count). The van der Waals surface area contributed by atoms with Gasteiger partial charge in [0.05, 0.1) is 19.2 Å². The minimum atomic E-state index is -1.13. The maximum absolute atomic E-state index is 12.8. The highest BCUT2D eigenvalue weighted by Crippen LogP contribution is 2.20. The maximum atomic E-state index is 12.8. The number of hydrogen-bond acceptors (Lipinski definition) is 3. The topological polar surface area (TPSA) is 60.8 Å². The summed E-state index contributed by atoms with van der Waals surface area (Å²) in [4.78, 5) is 12.5. The first-order valence-electron chi connectivity index (χ1n) is 4.29. The van der Waals surface area contributed by atoms with Crippen molar-refractivity contribution in [2.45, 2.75) is 31.7 Å². The molecule has 0 saturated carbocycles. The first-order valence-corrected chi connectivity index (χ1v) is 4.29. The standard InChI is InChI=1S/C8H14FNO3/c1-5(12)8(13)10-3-6(9)2-7(10)4-11/h5-7,11-12H,2-4H2,1H3/t5-,6?,7?/m1/s1. The number of hydrogen-bond donors (Lipinski definition) is 2. The fourth-order valence-electron chi connectivity index (χ4n) is 1.54. The molecule has 3 atom stereocenters. The Morgan fingerprint density at radius 2 is 2.38 bits per heavy atom. The molecule has 0 spiro atoms. The molecule has 1 heterocycles. The van der Waals surface area contributed by atoms with E-state index >= 15 is 0 Å². The summed E-state index contributed by atoms with van der Waals surface area (Å²) in [5.41, 5.74) is 0. The average Bonchev–Trinajstić information content (AvgIpc) is 2.45. The number of halogens is 1. The van der Waals surface area contributed by atoms with Gasteiger partial charge in [-0.2, -0.15) is 0 Å². The van der Waals surface area contributed by atoms with Crippen LogP contribution >= 0.6 is 0 Å². The van der Waals surface area contributed by atoms with E-state index in [4.69, 9.17) is 10.2 Å². The Kier molecular flexibility index (Phi) is 3.22. The van der Waals surface area contributed by atoms with Gasteiger partial charge in [0, 0.05) is 6.42 Å². The monoisotopic (exact) mass is 191 g/mol. The minimum Gasteiger partial charge on any atom is -0.394 e. The molecule has 0 aromatic carbocycles. The van der Waals surface area contributed by atoms with Gasteiger partial charge >= 0.3 is 0 Å². The minimum absolute atomic E-state index is 0.0189. The van der Waals surface area contributed by atoms with Gasteiger partial charge in [-0.1, -0.05) is 0 Å². The van der Waals surface area contributed by atoms with E-state index in [0.717, 1.165) is 0 Å². The molecule has 0 aliphatic carbocycles. The number of nitrogens with zero attached hydrogens (tertiary/aromatic N) is 1. The summed E-state index contributed by atoms with van der Waals surface area (Å²) in [6.45, 7) is 1.07. The van der Waals surface area contributed by atoms with Crippen LogP contribution in [0.1, 0.15) is 13.3 Å². The Hall–Kier alpha value is -0.680. The van der Waals surface area contributed by atoms with Crippen molar-refractivity contribution < 1.29 is 19.4 Å². The smallest absolute Gasteiger partial charge is 0.251 e. The highest BCUT2D eigenvalue weighted by atomic mass is 19.1.